The van der Waals surface area contributed by atoms with Crippen molar-refractivity contribution >= 4 is 18.0 Å². The van der Waals surface area contributed by atoms with Gasteiger partial charge in [0.05, 0.1) is 14.2 Å². The summed E-state index contributed by atoms with van der Waals surface area (Å²) in [5.41, 5.74) is 0. The number of urea groups is 1. The second kappa shape index (κ2) is 14.8. The molecule has 2 aromatic carbocycles. The number of amides is 2. The fourth-order valence-corrected chi connectivity index (χ4v) is 2.56. The van der Waals surface area contributed by atoms with Gasteiger partial charge in [-0.25, -0.2) is 4.79 Å². The van der Waals surface area contributed by atoms with E-state index in [4.69, 9.17) is 28.4 Å². The van der Waals surface area contributed by atoms with E-state index in [-0.39, 0.29) is 39.5 Å². The van der Waals surface area contributed by atoms with E-state index in [0.717, 1.165) is 0 Å². The minimum Gasteiger partial charge on any atom is -0.493 e. The lowest BCUT2D eigenvalue weighted by molar-refractivity contribution is -0.143. The number of hydrogen-bond acceptors (Lipinski definition) is 9. The Balaban J connectivity index is 1.51. The van der Waals surface area contributed by atoms with Gasteiger partial charge in [0.1, 0.15) is 39.5 Å². The second-order valence-corrected chi connectivity index (χ2v) is 6.48. The molecular weight excluding hydrogens is 448 g/mol. The van der Waals surface area contributed by atoms with Crippen molar-refractivity contribution in [2.45, 2.75) is 0 Å². The molecule has 0 heterocycles. The summed E-state index contributed by atoms with van der Waals surface area (Å²) >= 11 is 0. The third-order valence-corrected chi connectivity index (χ3v) is 4.13. The summed E-state index contributed by atoms with van der Waals surface area (Å²) in [7, 11) is 3.05. The van der Waals surface area contributed by atoms with E-state index in [9.17, 15) is 14.4 Å². The lowest BCUT2D eigenvalue weighted by Crippen LogP contribution is -2.41. The SMILES string of the molecule is COc1ccccc1OCCOC(=O)CNC(=O)NCC(=O)OCCOc1ccccc1OC. The molecule has 0 saturated heterocycles. The summed E-state index contributed by atoms with van der Waals surface area (Å²) < 4.78 is 31.2. The fourth-order valence-electron chi connectivity index (χ4n) is 2.56. The number of nitrogens with one attached hydrogen (secondary N) is 2. The molecule has 2 amide bonds. The first-order valence-electron chi connectivity index (χ1n) is 10.4. The summed E-state index contributed by atoms with van der Waals surface area (Å²) in [6, 6.07) is 13.4. The number of ether oxygens (including phenoxy) is 6. The van der Waals surface area contributed by atoms with Crippen molar-refractivity contribution in [2.75, 3.05) is 53.7 Å². The Morgan fingerprint density at radius 3 is 1.38 bits per heavy atom. The average Bonchev–Trinajstić information content (AvgIpc) is 2.87. The molecule has 2 rings (SSSR count). The monoisotopic (exact) mass is 476 g/mol. The molecule has 0 aliphatic carbocycles. The number of rotatable bonds is 14. The van der Waals surface area contributed by atoms with Crippen LogP contribution in [0.15, 0.2) is 48.5 Å². The lowest BCUT2D eigenvalue weighted by Gasteiger charge is -2.11. The van der Waals surface area contributed by atoms with E-state index in [0.29, 0.717) is 23.0 Å². The smallest absolute Gasteiger partial charge is 0.325 e. The predicted molar refractivity (Wildman–Crippen MR) is 120 cm³/mol. The van der Waals surface area contributed by atoms with Crippen LogP contribution >= 0.6 is 0 Å². The minimum atomic E-state index is -0.718. The van der Waals surface area contributed by atoms with Gasteiger partial charge in [-0.3, -0.25) is 9.59 Å². The zero-order valence-corrected chi connectivity index (χ0v) is 19.0. The number of esters is 2. The van der Waals surface area contributed by atoms with Gasteiger partial charge in [-0.05, 0) is 24.3 Å². The molecule has 0 fully saturated rings. The highest BCUT2D eigenvalue weighted by Crippen LogP contribution is 2.26. The molecule has 0 unspecified atom stereocenters. The number of hydrogen-bond donors (Lipinski definition) is 2. The molecule has 0 aliphatic rings. The molecule has 0 aliphatic heterocycles. The van der Waals surface area contributed by atoms with Crippen LogP contribution in [0.2, 0.25) is 0 Å². The number of carbonyl (C=O) groups is 3. The van der Waals surface area contributed by atoms with Crippen LogP contribution in [0, 0.1) is 0 Å². The Hall–Kier alpha value is -4.15. The average molecular weight is 476 g/mol. The molecule has 2 N–H and O–H groups in total. The molecule has 184 valence electrons. The van der Waals surface area contributed by atoms with Gasteiger partial charge in [0.15, 0.2) is 23.0 Å². The van der Waals surface area contributed by atoms with Crippen LogP contribution in [0.3, 0.4) is 0 Å². The van der Waals surface area contributed by atoms with E-state index < -0.39 is 18.0 Å². The van der Waals surface area contributed by atoms with Crippen molar-refractivity contribution in [2.24, 2.45) is 0 Å². The number of para-hydroxylation sites is 4. The highest BCUT2D eigenvalue weighted by Gasteiger charge is 2.10. The van der Waals surface area contributed by atoms with Gasteiger partial charge >= 0.3 is 18.0 Å². The summed E-state index contributed by atoms with van der Waals surface area (Å²) in [6.45, 7) is -0.534. The molecule has 0 spiro atoms. The fraction of sp³-hybridized carbons (Fsp3) is 0.348. The Labute approximate surface area is 197 Å². The van der Waals surface area contributed by atoms with E-state index in [2.05, 4.69) is 10.6 Å². The molecule has 0 saturated carbocycles. The van der Waals surface area contributed by atoms with Crippen LogP contribution in [-0.2, 0) is 19.1 Å². The van der Waals surface area contributed by atoms with E-state index in [1.807, 2.05) is 0 Å². The molecule has 11 heteroatoms. The first-order chi connectivity index (χ1) is 16.5. The molecule has 34 heavy (non-hydrogen) atoms. The quantitative estimate of drug-likeness (QED) is 0.308. The van der Waals surface area contributed by atoms with Gasteiger partial charge in [-0.15, -0.1) is 0 Å². The lowest BCUT2D eigenvalue weighted by atomic mass is 10.3. The normalized spacial score (nSPS) is 9.94. The Bertz CT molecular complexity index is 863. The topological polar surface area (TPSA) is 131 Å². The maximum Gasteiger partial charge on any atom is 0.325 e. The van der Waals surface area contributed by atoms with E-state index >= 15 is 0 Å². The van der Waals surface area contributed by atoms with E-state index in [1.165, 1.54) is 14.2 Å². The Morgan fingerprint density at radius 2 is 1.00 bits per heavy atom. The van der Waals surface area contributed by atoms with E-state index in [1.54, 1.807) is 48.5 Å². The molecule has 0 atom stereocenters. The van der Waals surface area contributed by atoms with Gasteiger partial charge in [0.2, 0.25) is 0 Å². The largest absolute Gasteiger partial charge is 0.493 e. The van der Waals surface area contributed by atoms with Crippen molar-refractivity contribution in [1.29, 1.82) is 0 Å². The first-order valence-corrected chi connectivity index (χ1v) is 10.4. The van der Waals surface area contributed by atoms with Crippen LogP contribution in [0.25, 0.3) is 0 Å². The number of methoxy groups -OCH3 is 2. The molecule has 0 aromatic heterocycles. The molecule has 11 nitrogen and oxygen atoms in total. The molecule has 2 aromatic rings. The molecule has 0 radical (unpaired) electrons. The van der Waals surface area contributed by atoms with Gasteiger partial charge in [0.25, 0.3) is 0 Å². The minimum absolute atomic E-state index is 0.0105. The summed E-state index contributed by atoms with van der Waals surface area (Å²) in [5, 5.41) is 4.57. The summed E-state index contributed by atoms with van der Waals surface area (Å²) in [5.74, 6) is 0.863. The Morgan fingerprint density at radius 1 is 0.618 bits per heavy atom. The van der Waals surface area contributed by atoms with Crippen LogP contribution in [0.4, 0.5) is 4.79 Å². The van der Waals surface area contributed by atoms with Crippen molar-refractivity contribution in [3.63, 3.8) is 0 Å². The third-order valence-electron chi connectivity index (χ3n) is 4.13. The zero-order valence-electron chi connectivity index (χ0n) is 19.0. The maximum absolute atomic E-state index is 11.7. The zero-order chi connectivity index (χ0) is 24.6. The standard InChI is InChI=1S/C23H28N2O9/c1-29-17-7-3-5-9-19(17)31-11-13-33-21(26)15-24-23(28)25-16-22(27)34-14-12-32-20-10-6-4-8-18(20)30-2/h3-10H,11-16H2,1-2H3,(H2,24,25,28). The Kier molecular flexibility index (Phi) is 11.4. The van der Waals surface area contributed by atoms with Crippen LogP contribution in [0.5, 0.6) is 23.0 Å². The molecular formula is C23H28N2O9. The van der Waals surface area contributed by atoms with Gasteiger partial charge in [-0.2, -0.15) is 0 Å². The third kappa shape index (κ3) is 9.55. The van der Waals surface area contributed by atoms with Gasteiger partial charge in [-0.1, -0.05) is 24.3 Å². The summed E-state index contributed by atoms with van der Waals surface area (Å²) in [6.07, 6.45) is 0. The van der Waals surface area contributed by atoms with Crippen molar-refractivity contribution in [3.05, 3.63) is 48.5 Å². The second-order valence-electron chi connectivity index (χ2n) is 6.48. The number of benzene rings is 2. The van der Waals surface area contributed by atoms with Crippen LogP contribution in [0.1, 0.15) is 0 Å². The van der Waals surface area contributed by atoms with Crippen molar-refractivity contribution in [3.8, 4) is 23.0 Å². The van der Waals surface area contributed by atoms with Gasteiger partial charge < -0.3 is 39.1 Å². The predicted octanol–water partition coefficient (Wildman–Crippen LogP) is 1.55. The van der Waals surface area contributed by atoms with Gasteiger partial charge in [0, 0.05) is 0 Å². The number of carbonyl (C=O) groups excluding carboxylic acids is 3. The molecule has 0 bridgehead atoms. The van der Waals surface area contributed by atoms with Crippen molar-refractivity contribution < 1.29 is 42.8 Å². The van der Waals surface area contributed by atoms with Crippen LogP contribution < -0.4 is 29.6 Å². The van der Waals surface area contributed by atoms with Crippen LogP contribution in [-0.4, -0.2) is 71.7 Å². The maximum atomic E-state index is 11.7. The highest BCUT2D eigenvalue weighted by atomic mass is 16.6. The first kappa shape index (κ1) is 26.1. The van der Waals surface area contributed by atoms with Crippen molar-refractivity contribution in [1.82, 2.24) is 10.6 Å². The highest BCUT2D eigenvalue weighted by molar-refractivity contribution is 5.83. The summed E-state index contributed by atoms with van der Waals surface area (Å²) in [4.78, 5) is 35.1.